The van der Waals surface area contributed by atoms with Gasteiger partial charge in [0, 0.05) is 34.3 Å². The Kier molecular flexibility index (Phi) is 4.88. The minimum atomic E-state index is -1.07. The molecule has 0 fully saturated rings. The van der Waals surface area contributed by atoms with Crippen LogP contribution in [0.25, 0.3) is 11.0 Å². The number of benzene rings is 1. The fourth-order valence-electron chi connectivity index (χ4n) is 3.19. The number of rotatable bonds is 4. The zero-order valence-electron chi connectivity index (χ0n) is 15.5. The number of carbonyl (C=O) groups is 2. The molecule has 1 aliphatic heterocycles. The third-order valence-electron chi connectivity index (χ3n) is 4.62. The molecule has 9 nitrogen and oxygen atoms in total. The van der Waals surface area contributed by atoms with E-state index >= 15 is 0 Å². The molecule has 2 amide bonds. The number of nitrogens with zero attached hydrogens (tertiary/aromatic N) is 3. The number of methoxy groups -OCH3 is 1. The standard InChI is InChI=1S/C19H14F2N4O5/c1-29-15-3-2-11-16-10(6-22-17(11)23-15)8-30-19(27)25(16)7-12-13(20)4-9(5-14(12)21)18(26)24-28/h2-6,28H,7-8H2,1H3,(H,24,26). The van der Waals surface area contributed by atoms with Crippen LogP contribution in [-0.4, -0.2) is 34.3 Å². The molecule has 0 atom stereocenters. The summed E-state index contributed by atoms with van der Waals surface area (Å²) in [4.78, 5) is 33.4. The van der Waals surface area contributed by atoms with E-state index < -0.39 is 41.3 Å². The zero-order valence-corrected chi connectivity index (χ0v) is 15.5. The Labute approximate surface area is 167 Å². The number of cyclic esters (lactones) is 1. The second kappa shape index (κ2) is 7.52. The van der Waals surface area contributed by atoms with Gasteiger partial charge in [-0.3, -0.25) is 14.9 Å². The first kappa shape index (κ1) is 19.5. The maximum atomic E-state index is 14.6. The summed E-state index contributed by atoms with van der Waals surface area (Å²) in [5.41, 5.74) is 1.61. The summed E-state index contributed by atoms with van der Waals surface area (Å²) >= 11 is 0. The Balaban J connectivity index is 1.81. The van der Waals surface area contributed by atoms with E-state index in [0.717, 1.165) is 17.0 Å². The van der Waals surface area contributed by atoms with Crippen LogP contribution in [0.15, 0.2) is 30.5 Å². The van der Waals surface area contributed by atoms with E-state index in [4.69, 9.17) is 14.7 Å². The number of halogens is 2. The van der Waals surface area contributed by atoms with E-state index in [-0.39, 0.29) is 12.3 Å². The number of ether oxygens (including phenoxy) is 2. The van der Waals surface area contributed by atoms with Gasteiger partial charge >= 0.3 is 6.09 Å². The maximum Gasteiger partial charge on any atom is 0.414 e. The van der Waals surface area contributed by atoms with Gasteiger partial charge < -0.3 is 9.47 Å². The first-order valence-corrected chi connectivity index (χ1v) is 8.62. The SMILES string of the molecule is COc1ccc2c3c(cnc2n1)COC(=O)N3Cc1c(F)cc(C(=O)NO)cc1F. The van der Waals surface area contributed by atoms with Crippen LogP contribution in [0.4, 0.5) is 19.3 Å². The summed E-state index contributed by atoms with van der Waals surface area (Å²) in [6.07, 6.45) is 0.659. The molecular formula is C19H14F2N4O5. The van der Waals surface area contributed by atoms with Crippen molar-refractivity contribution in [3.05, 3.63) is 58.8 Å². The van der Waals surface area contributed by atoms with Gasteiger partial charge in [-0.05, 0) is 18.2 Å². The van der Waals surface area contributed by atoms with Gasteiger partial charge in [0.25, 0.3) is 5.91 Å². The fraction of sp³-hybridized carbons (Fsp3) is 0.158. The maximum absolute atomic E-state index is 14.6. The van der Waals surface area contributed by atoms with Gasteiger partial charge in [0.05, 0.1) is 19.3 Å². The van der Waals surface area contributed by atoms with E-state index in [1.807, 2.05) is 0 Å². The normalized spacial score (nSPS) is 13.1. The highest BCUT2D eigenvalue weighted by atomic mass is 19.1. The monoisotopic (exact) mass is 416 g/mol. The van der Waals surface area contributed by atoms with Crippen LogP contribution >= 0.6 is 0 Å². The Bertz CT molecular complexity index is 1160. The Hall–Kier alpha value is -3.86. The van der Waals surface area contributed by atoms with Crippen molar-refractivity contribution in [1.82, 2.24) is 15.4 Å². The molecule has 0 aliphatic carbocycles. The van der Waals surface area contributed by atoms with Crippen molar-refractivity contribution in [3.63, 3.8) is 0 Å². The minimum Gasteiger partial charge on any atom is -0.481 e. The Morgan fingerprint density at radius 3 is 2.73 bits per heavy atom. The number of pyridine rings is 2. The number of hydroxylamine groups is 1. The topological polar surface area (TPSA) is 114 Å². The number of hydrogen-bond donors (Lipinski definition) is 2. The summed E-state index contributed by atoms with van der Waals surface area (Å²) in [5.74, 6) is -2.88. The van der Waals surface area contributed by atoms with Gasteiger partial charge in [-0.15, -0.1) is 0 Å². The number of anilines is 1. The summed E-state index contributed by atoms with van der Waals surface area (Å²) in [6.45, 7) is -0.560. The van der Waals surface area contributed by atoms with Crippen molar-refractivity contribution < 1.29 is 33.1 Å². The molecule has 11 heteroatoms. The predicted molar refractivity (Wildman–Crippen MR) is 98.1 cm³/mol. The number of aromatic nitrogens is 2. The molecule has 0 saturated carbocycles. The average Bonchev–Trinajstić information content (AvgIpc) is 2.75. The average molecular weight is 416 g/mol. The van der Waals surface area contributed by atoms with Gasteiger partial charge in [0.15, 0.2) is 5.65 Å². The molecule has 3 heterocycles. The molecular weight excluding hydrogens is 402 g/mol. The largest absolute Gasteiger partial charge is 0.481 e. The number of amides is 2. The van der Waals surface area contributed by atoms with E-state index in [1.54, 1.807) is 12.1 Å². The first-order valence-electron chi connectivity index (χ1n) is 8.62. The molecule has 0 bridgehead atoms. The summed E-state index contributed by atoms with van der Waals surface area (Å²) < 4.78 is 39.3. The summed E-state index contributed by atoms with van der Waals surface area (Å²) in [7, 11) is 1.45. The van der Waals surface area contributed by atoms with Crippen molar-refractivity contribution >= 4 is 28.7 Å². The molecule has 154 valence electrons. The number of nitrogens with one attached hydrogen (secondary N) is 1. The molecule has 2 aromatic heterocycles. The van der Waals surface area contributed by atoms with Crippen LogP contribution < -0.4 is 15.1 Å². The molecule has 0 saturated heterocycles. The van der Waals surface area contributed by atoms with Crippen molar-refractivity contribution in [3.8, 4) is 5.88 Å². The highest BCUT2D eigenvalue weighted by molar-refractivity contribution is 6.02. The lowest BCUT2D eigenvalue weighted by Crippen LogP contribution is -2.36. The third-order valence-corrected chi connectivity index (χ3v) is 4.62. The van der Waals surface area contributed by atoms with Crippen LogP contribution in [0.2, 0.25) is 0 Å². The number of fused-ring (bicyclic) bond motifs is 3. The molecule has 0 radical (unpaired) electrons. The lowest BCUT2D eigenvalue weighted by molar-refractivity contribution is 0.0705. The van der Waals surface area contributed by atoms with Gasteiger partial charge in [-0.1, -0.05) is 0 Å². The lowest BCUT2D eigenvalue weighted by atomic mass is 10.1. The van der Waals surface area contributed by atoms with Gasteiger partial charge in [-0.25, -0.2) is 24.0 Å². The molecule has 2 N–H and O–H groups in total. The van der Waals surface area contributed by atoms with E-state index in [9.17, 15) is 18.4 Å². The second-order valence-electron chi connectivity index (χ2n) is 6.36. The third kappa shape index (κ3) is 3.24. The second-order valence-corrected chi connectivity index (χ2v) is 6.36. The zero-order chi connectivity index (χ0) is 21.4. The van der Waals surface area contributed by atoms with E-state index in [0.29, 0.717) is 22.5 Å². The van der Waals surface area contributed by atoms with Crippen molar-refractivity contribution in [1.29, 1.82) is 0 Å². The Morgan fingerprint density at radius 2 is 2.07 bits per heavy atom. The van der Waals surface area contributed by atoms with E-state index in [2.05, 4.69) is 9.97 Å². The van der Waals surface area contributed by atoms with Crippen molar-refractivity contribution in [2.24, 2.45) is 0 Å². The van der Waals surface area contributed by atoms with Crippen molar-refractivity contribution in [2.45, 2.75) is 13.2 Å². The van der Waals surface area contributed by atoms with E-state index in [1.165, 1.54) is 18.8 Å². The predicted octanol–water partition coefficient (Wildman–Crippen LogP) is 2.69. The highest BCUT2D eigenvalue weighted by Gasteiger charge is 2.30. The Morgan fingerprint density at radius 1 is 1.33 bits per heavy atom. The minimum absolute atomic E-state index is 0.0553. The number of carbonyl (C=O) groups excluding carboxylic acids is 2. The van der Waals surface area contributed by atoms with Crippen molar-refractivity contribution in [2.75, 3.05) is 12.0 Å². The highest BCUT2D eigenvalue weighted by Crippen LogP contribution is 2.35. The van der Waals surface area contributed by atoms with Gasteiger partial charge in [-0.2, -0.15) is 4.98 Å². The molecule has 3 aromatic rings. The molecule has 4 rings (SSSR count). The molecule has 30 heavy (non-hydrogen) atoms. The van der Waals surface area contributed by atoms with Crippen LogP contribution in [-0.2, 0) is 17.9 Å². The lowest BCUT2D eigenvalue weighted by Gasteiger charge is -2.30. The molecule has 0 spiro atoms. The van der Waals surface area contributed by atoms with Crippen LogP contribution in [0.3, 0.4) is 0 Å². The first-order chi connectivity index (χ1) is 14.4. The van der Waals surface area contributed by atoms with Crippen LogP contribution in [0.1, 0.15) is 21.5 Å². The summed E-state index contributed by atoms with van der Waals surface area (Å²) in [6, 6.07) is 4.74. The molecule has 1 aromatic carbocycles. The molecule has 1 aliphatic rings. The van der Waals surface area contributed by atoms with Gasteiger partial charge in [0.1, 0.15) is 18.2 Å². The fourth-order valence-corrected chi connectivity index (χ4v) is 3.19. The summed E-state index contributed by atoms with van der Waals surface area (Å²) in [5, 5.41) is 9.12. The van der Waals surface area contributed by atoms with Crippen LogP contribution in [0.5, 0.6) is 5.88 Å². The van der Waals surface area contributed by atoms with Crippen LogP contribution in [0, 0.1) is 11.6 Å². The smallest absolute Gasteiger partial charge is 0.414 e. The van der Waals surface area contributed by atoms with Gasteiger partial charge in [0.2, 0.25) is 5.88 Å². The quantitative estimate of drug-likeness (QED) is 0.497. The number of hydrogen-bond acceptors (Lipinski definition) is 7. The molecule has 0 unspecified atom stereocenters.